The summed E-state index contributed by atoms with van der Waals surface area (Å²) in [6.07, 6.45) is 1.64. The molecule has 0 amide bonds. The number of aryl methyl sites for hydroxylation is 1. The average molecular weight is 362 g/mol. The third-order valence-electron chi connectivity index (χ3n) is 2.48. The lowest BCUT2D eigenvalue weighted by Gasteiger charge is -2.10. The first-order valence-corrected chi connectivity index (χ1v) is 8.49. The number of halogens is 1. The zero-order valence-corrected chi connectivity index (χ0v) is 13.3. The van der Waals surface area contributed by atoms with Gasteiger partial charge in [-0.1, -0.05) is 0 Å². The third kappa shape index (κ3) is 3.33. The molecule has 0 fully saturated rings. The van der Waals surface area contributed by atoms with E-state index in [0.29, 0.717) is 20.7 Å². The van der Waals surface area contributed by atoms with E-state index in [1.165, 1.54) is 17.4 Å². The zero-order chi connectivity index (χ0) is 14.0. The van der Waals surface area contributed by atoms with E-state index in [9.17, 15) is 8.42 Å². The van der Waals surface area contributed by atoms with Crippen LogP contribution < -0.4 is 10.5 Å². The van der Waals surface area contributed by atoms with Crippen LogP contribution in [-0.2, 0) is 16.6 Å². The van der Waals surface area contributed by atoms with E-state index in [2.05, 4.69) is 25.6 Å². The van der Waals surface area contributed by atoms with Crippen molar-refractivity contribution in [1.82, 2.24) is 9.71 Å². The van der Waals surface area contributed by atoms with Gasteiger partial charge in [0.1, 0.15) is 5.01 Å². The van der Waals surface area contributed by atoms with E-state index in [0.717, 1.165) is 0 Å². The third-order valence-corrected chi connectivity index (χ3v) is 5.49. The molecule has 0 saturated heterocycles. The van der Waals surface area contributed by atoms with Crippen LogP contribution in [0.4, 0.5) is 5.69 Å². The molecule has 2 rings (SSSR count). The Hall–Kier alpha value is -0.960. The lowest BCUT2D eigenvalue weighted by Crippen LogP contribution is -2.24. The predicted molar refractivity (Wildman–Crippen MR) is 79.4 cm³/mol. The number of aromatic nitrogens is 1. The summed E-state index contributed by atoms with van der Waals surface area (Å²) in [6, 6.07) is 3.14. The standard InChI is InChI=1S/C11H12BrN3O2S2/c1-7-4-8(12)9(13)5-10(7)19(16,17)15-6-11-14-2-3-18-11/h2-5,15H,6,13H2,1H3. The van der Waals surface area contributed by atoms with Crippen molar-refractivity contribution >= 4 is 43.0 Å². The van der Waals surface area contributed by atoms with Crippen molar-refractivity contribution in [3.05, 3.63) is 38.8 Å². The minimum atomic E-state index is -3.59. The number of nitrogen functional groups attached to an aromatic ring is 1. The summed E-state index contributed by atoms with van der Waals surface area (Å²) in [6.45, 7) is 1.90. The maximum Gasteiger partial charge on any atom is 0.241 e. The van der Waals surface area contributed by atoms with Crippen molar-refractivity contribution in [3.8, 4) is 0 Å². The van der Waals surface area contributed by atoms with Crippen molar-refractivity contribution in [3.63, 3.8) is 0 Å². The van der Waals surface area contributed by atoms with Gasteiger partial charge in [-0.25, -0.2) is 18.1 Å². The van der Waals surface area contributed by atoms with Gasteiger partial charge in [-0.15, -0.1) is 11.3 Å². The lowest BCUT2D eigenvalue weighted by molar-refractivity contribution is 0.580. The molecule has 3 N–H and O–H groups in total. The van der Waals surface area contributed by atoms with Crippen LogP contribution in [0.25, 0.3) is 0 Å². The summed E-state index contributed by atoms with van der Waals surface area (Å²) in [5.41, 5.74) is 6.75. The van der Waals surface area contributed by atoms with Crippen molar-refractivity contribution in [1.29, 1.82) is 0 Å². The Morgan fingerprint density at radius 3 is 2.84 bits per heavy atom. The van der Waals surface area contributed by atoms with Gasteiger partial charge in [-0.05, 0) is 40.5 Å². The highest BCUT2D eigenvalue weighted by atomic mass is 79.9. The second-order valence-corrected chi connectivity index (χ2v) is 7.46. The van der Waals surface area contributed by atoms with Crippen LogP contribution in [-0.4, -0.2) is 13.4 Å². The van der Waals surface area contributed by atoms with Gasteiger partial charge in [-0.3, -0.25) is 0 Å². The number of nitrogens with one attached hydrogen (secondary N) is 1. The fourth-order valence-corrected chi connectivity index (χ4v) is 3.89. The first kappa shape index (κ1) is 14.4. The molecular weight excluding hydrogens is 350 g/mol. The molecule has 0 aliphatic rings. The molecule has 8 heteroatoms. The lowest BCUT2D eigenvalue weighted by atomic mass is 10.2. The van der Waals surface area contributed by atoms with Gasteiger partial charge in [0.25, 0.3) is 0 Å². The van der Waals surface area contributed by atoms with Crippen molar-refractivity contribution in [2.75, 3.05) is 5.73 Å². The highest BCUT2D eigenvalue weighted by Crippen LogP contribution is 2.26. The number of hydrogen-bond acceptors (Lipinski definition) is 5. The van der Waals surface area contributed by atoms with Crippen LogP contribution in [0.3, 0.4) is 0 Å². The molecule has 0 atom stereocenters. The number of rotatable bonds is 4. The monoisotopic (exact) mass is 361 g/mol. The molecule has 0 aliphatic heterocycles. The van der Waals surface area contributed by atoms with Crippen LogP contribution in [0.1, 0.15) is 10.6 Å². The van der Waals surface area contributed by atoms with Crippen molar-refractivity contribution < 1.29 is 8.42 Å². The van der Waals surface area contributed by atoms with E-state index in [4.69, 9.17) is 5.73 Å². The van der Waals surface area contributed by atoms with Gasteiger partial charge in [0.2, 0.25) is 10.0 Å². The molecular formula is C11H12BrN3O2S2. The maximum absolute atomic E-state index is 12.2. The Kier molecular flexibility index (Phi) is 4.24. The Morgan fingerprint density at radius 1 is 1.47 bits per heavy atom. The van der Waals surface area contributed by atoms with Crippen molar-refractivity contribution in [2.45, 2.75) is 18.4 Å². The number of nitrogens with two attached hydrogens (primary N) is 1. The molecule has 0 bridgehead atoms. The molecule has 19 heavy (non-hydrogen) atoms. The maximum atomic E-state index is 12.2. The van der Waals surface area contributed by atoms with Crippen molar-refractivity contribution in [2.24, 2.45) is 0 Å². The topological polar surface area (TPSA) is 85.1 Å². The van der Waals surface area contributed by atoms with Gasteiger partial charge < -0.3 is 5.73 Å². The van der Waals surface area contributed by atoms with Crippen LogP contribution in [0, 0.1) is 6.92 Å². The minimum absolute atomic E-state index is 0.176. The summed E-state index contributed by atoms with van der Waals surface area (Å²) >= 11 is 4.67. The molecule has 0 spiro atoms. The molecule has 1 aromatic carbocycles. The summed E-state index contributed by atoms with van der Waals surface area (Å²) in [7, 11) is -3.59. The van der Waals surface area contributed by atoms with Gasteiger partial charge in [0, 0.05) is 21.7 Å². The second-order valence-electron chi connectivity index (χ2n) is 3.89. The Bertz CT molecular complexity index is 684. The van der Waals surface area contributed by atoms with E-state index in [1.54, 1.807) is 24.6 Å². The summed E-state index contributed by atoms with van der Waals surface area (Å²) in [5, 5.41) is 2.51. The normalized spacial score (nSPS) is 11.7. The van der Waals surface area contributed by atoms with Crippen LogP contribution >= 0.6 is 27.3 Å². The summed E-state index contributed by atoms with van der Waals surface area (Å²) in [5.74, 6) is 0. The second kappa shape index (κ2) is 5.58. The molecule has 0 saturated carbocycles. The molecule has 1 heterocycles. The van der Waals surface area contributed by atoms with Gasteiger partial charge in [0.05, 0.1) is 11.4 Å². The molecule has 102 valence electrons. The quantitative estimate of drug-likeness (QED) is 0.818. The first-order valence-electron chi connectivity index (χ1n) is 5.34. The number of benzene rings is 1. The number of thiazole rings is 1. The van der Waals surface area contributed by atoms with E-state index >= 15 is 0 Å². The predicted octanol–water partition coefficient (Wildman–Crippen LogP) is 2.27. The molecule has 0 radical (unpaired) electrons. The number of nitrogens with zero attached hydrogens (tertiary/aromatic N) is 1. The first-order chi connectivity index (χ1) is 8.90. The van der Waals surface area contributed by atoms with E-state index in [1.807, 2.05) is 0 Å². The number of anilines is 1. The van der Waals surface area contributed by atoms with E-state index < -0.39 is 10.0 Å². The Labute approximate surface area is 124 Å². The average Bonchev–Trinajstić information content (AvgIpc) is 2.84. The highest BCUT2D eigenvalue weighted by Gasteiger charge is 2.18. The Morgan fingerprint density at radius 2 is 2.21 bits per heavy atom. The smallest absolute Gasteiger partial charge is 0.241 e. The summed E-state index contributed by atoms with van der Waals surface area (Å²) in [4.78, 5) is 4.21. The zero-order valence-electron chi connectivity index (χ0n) is 10.1. The Balaban J connectivity index is 2.27. The molecule has 5 nitrogen and oxygen atoms in total. The fraction of sp³-hybridized carbons (Fsp3) is 0.182. The largest absolute Gasteiger partial charge is 0.398 e. The number of sulfonamides is 1. The number of hydrogen-bond donors (Lipinski definition) is 2. The SMILES string of the molecule is Cc1cc(Br)c(N)cc1S(=O)(=O)NCc1nccs1. The van der Waals surface area contributed by atoms with Gasteiger partial charge >= 0.3 is 0 Å². The molecule has 0 unspecified atom stereocenters. The van der Waals surface area contributed by atoms with Crippen LogP contribution in [0.5, 0.6) is 0 Å². The molecule has 1 aromatic heterocycles. The minimum Gasteiger partial charge on any atom is -0.398 e. The highest BCUT2D eigenvalue weighted by molar-refractivity contribution is 9.10. The van der Waals surface area contributed by atoms with Crippen LogP contribution in [0.15, 0.2) is 33.1 Å². The molecule has 0 aliphatic carbocycles. The van der Waals surface area contributed by atoms with Crippen LogP contribution in [0.2, 0.25) is 0 Å². The molecule has 2 aromatic rings. The van der Waals surface area contributed by atoms with Gasteiger partial charge in [0.15, 0.2) is 0 Å². The fourth-order valence-electron chi connectivity index (χ4n) is 1.53. The summed E-state index contributed by atoms with van der Waals surface area (Å²) < 4.78 is 27.6. The van der Waals surface area contributed by atoms with Gasteiger partial charge in [-0.2, -0.15) is 0 Å². The van der Waals surface area contributed by atoms with E-state index in [-0.39, 0.29) is 11.4 Å².